The summed E-state index contributed by atoms with van der Waals surface area (Å²) < 4.78 is 0. The highest BCUT2D eigenvalue weighted by atomic mass is 32.1. The summed E-state index contributed by atoms with van der Waals surface area (Å²) in [4.78, 5) is 19.8. The first-order chi connectivity index (χ1) is 13.3. The monoisotopic (exact) mass is 378 g/mol. The van der Waals surface area contributed by atoms with Crippen LogP contribution in [0, 0.1) is 6.92 Å². The van der Waals surface area contributed by atoms with Crippen molar-refractivity contribution >= 4 is 17.0 Å². The van der Waals surface area contributed by atoms with Crippen LogP contribution in [0.2, 0.25) is 0 Å². The summed E-state index contributed by atoms with van der Waals surface area (Å²) in [5.41, 5.74) is 4.29. The quantitative estimate of drug-likeness (QED) is 0.383. The molecule has 8 heteroatoms. The van der Waals surface area contributed by atoms with E-state index in [4.69, 9.17) is 9.82 Å². The Labute approximate surface area is 160 Å². The van der Waals surface area contributed by atoms with E-state index in [0.717, 1.165) is 57.5 Å². The van der Waals surface area contributed by atoms with Crippen molar-refractivity contribution in [2.24, 2.45) is 5.16 Å². The third-order valence-corrected chi connectivity index (χ3v) is 5.33. The number of hydrogen-bond donors (Lipinski definition) is 0. The first kappa shape index (κ1) is 17.4. The largest absolute Gasteiger partial charge is 0.391 e. The molecule has 0 saturated carbocycles. The maximum atomic E-state index is 5.28. The number of rotatable bonds is 5. The molecule has 0 spiro atoms. The summed E-state index contributed by atoms with van der Waals surface area (Å²) in [5.74, 6) is 0.567. The van der Waals surface area contributed by atoms with Crippen molar-refractivity contribution in [3.05, 3.63) is 54.3 Å². The van der Waals surface area contributed by atoms with E-state index in [0.29, 0.717) is 12.4 Å². The van der Waals surface area contributed by atoms with Crippen molar-refractivity contribution in [1.29, 1.82) is 0 Å². The fraction of sp³-hybridized carbons (Fsp3) is 0.263. The van der Waals surface area contributed by atoms with Gasteiger partial charge in [0.25, 0.3) is 0 Å². The zero-order chi connectivity index (χ0) is 18.6. The second-order valence-electron chi connectivity index (χ2n) is 6.08. The summed E-state index contributed by atoms with van der Waals surface area (Å²) in [6, 6.07) is 3.89. The van der Waals surface area contributed by atoms with Gasteiger partial charge in [0, 0.05) is 18.0 Å². The average Bonchev–Trinajstić information content (AvgIpc) is 3.10. The van der Waals surface area contributed by atoms with Crippen LogP contribution in [-0.2, 0) is 11.3 Å². The molecule has 3 heterocycles. The van der Waals surface area contributed by atoms with Crippen LogP contribution in [0.5, 0.6) is 0 Å². The molecule has 1 aliphatic carbocycles. The summed E-state index contributed by atoms with van der Waals surface area (Å²) in [6.07, 6.45) is 7.83. The Balaban J connectivity index is 1.72. The van der Waals surface area contributed by atoms with Crippen molar-refractivity contribution in [3.63, 3.8) is 0 Å². The molecule has 0 N–H and O–H groups in total. The van der Waals surface area contributed by atoms with E-state index in [9.17, 15) is 0 Å². The molecule has 0 fully saturated rings. The van der Waals surface area contributed by atoms with Gasteiger partial charge in [-0.15, -0.1) is 16.4 Å². The fourth-order valence-electron chi connectivity index (χ4n) is 2.86. The molecule has 0 radical (unpaired) electrons. The number of oxime groups is 1. The number of nitrogens with zero attached hydrogens (tertiary/aromatic N) is 6. The zero-order valence-electron chi connectivity index (χ0n) is 14.9. The minimum absolute atomic E-state index is 0.368. The van der Waals surface area contributed by atoms with Gasteiger partial charge in [0.1, 0.15) is 23.0 Å². The molecular formula is C19H18N6OS. The SMILES string of the molecule is C=CCON=C1CCCc2nnc(-c3sc(-c4cccnc4)nc3C)nc21. The zero-order valence-corrected chi connectivity index (χ0v) is 15.7. The predicted octanol–water partition coefficient (Wildman–Crippen LogP) is 3.61. The number of pyridine rings is 1. The van der Waals surface area contributed by atoms with Crippen LogP contribution in [0.15, 0.2) is 42.3 Å². The number of fused-ring (bicyclic) bond motifs is 1. The number of aromatic nitrogens is 5. The van der Waals surface area contributed by atoms with E-state index in [2.05, 4.69) is 31.9 Å². The molecule has 0 atom stereocenters. The molecule has 3 aromatic rings. The van der Waals surface area contributed by atoms with Gasteiger partial charge in [-0.2, -0.15) is 5.10 Å². The maximum absolute atomic E-state index is 5.28. The molecule has 27 heavy (non-hydrogen) atoms. The van der Waals surface area contributed by atoms with Gasteiger partial charge in [-0.05, 0) is 38.3 Å². The molecule has 0 saturated heterocycles. The van der Waals surface area contributed by atoms with Gasteiger partial charge in [-0.1, -0.05) is 17.8 Å². The minimum Gasteiger partial charge on any atom is -0.391 e. The summed E-state index contributed by atoms with van der Waals surface area (Å²) >= 11 is 1.54. The van der Waals surface area contributed by atoms with Gasteiger partial charge in [0.15, 0.2) is 5.82 Å². The van der Waals surface area contributed by atoms with Crippen LogP contribution in [0.1, 0.15) is 29.9 Å². The Morgan fingerprint density at radius 2 is 2.22 bits per heavy atom. The van der Waals surface area contributed by atoms with E-state index >= 15 is 0 Å². The van der Waals surface area contributed by atoms with Crippen LogP contribution in [-0.4, -0.2) is 37.5 Å². The van der Waals surface area contributed by atoms with Crippen LogP contribution < -0.4 is 0 Å². The van der Waals surface area contributed by atoms with Crippen molar-refractivity contribution in [2.75, 3.05) is 6.61 Å². The van der Waals surface area contributed by atoms with Crippen LogP contribution in [0.3, 0.4) is 0 Å². The first-order valence-electron chi connectivity index (χ1n) is 8.68. The highest BCUT2D eigenvalue weighted by molar-refractivity contribution is 7.18. The normalized spacial score (nSPS) is 14.8. The summed E-state index contributed by atoms with van der Waals surface area (Å²) in [7, 11) is 0. The van der Waals surface area contributed by atoms with Gasteiger partial charge in [0.2, 0.25) is 0 Å². The molecule has 1 aliphatic rings. The lowest BCUT2D eigenvalue weighted by molar-refractivity contribution is 0.174. The Morgan fingerprint density at radius 3 is 3.04 bits per heavy atom. The number of aryl methyl sites for hydroxylation is 2. The lowest BCUT2D eigenvalue weighted by Crippen LogP contribution is -2.18. The third-order valence-electron chi connectivity index (χ3n) is 4.13. The number of thiazole rings is 1. The minimum atomic E-state index is 0.368. The predicted molar refractivity (Wildman–Crippen MR) is 105 cm³/mol. The van der Waals surface area contributed by atoms with Crippen molar-refractivity contribution in [1.82, 2.24) is 25.1 Å². The summed E-state index contributed by atoms with van der Waals surface area (Å²) in [5, 5.41) is 13.8. The van der Waals surface area contributed by atoms with Crippen molar-refractivity contribution < 1.29 is 4.84 Å². The van der Waals surface area contributed by atoms with Gasteiger partial charge < -0.3 is 4.84 Å². The molecule has 4 rings (SSSR count). The standard InChI is InChI=1S/C19H18N6OS/c1-3-10-26-25-15-8-4-7-14-16(15)22-18(24-23-14)17-12(2)21-19(27-17)13-6-5-9-20-11-13/h3,5-6,9,11H,1,4,7-8,10H2,2H3. The number of hydrogen-bond acceptors (Lipinski definition) is 8. The second-order valence-corrected chi connectivity index (χ2v) is 7.08. The molecule has 0 unspecified atom stereocenters. The Morgan fingerprint density at radius 1 is 1.30 bits per heavy atom. The van der Waals surface area contributed by atoms with Crippen molar-refractivity contribution in [2.45, 2.75) is 26.2 Å². The van der Waals surface area contributed by atoms with Crippen LogP contribution >= 0.6 is 11.3 Å². The van der Waals surface area contributed by atoms with E-state index in [1.54, 1.807) is 18.5 Å². The maximum Gasteiger partial charge on any atom is 0.194 e. The van der Waals surface area contributed by atoms with Gasteiger partial charge in [0.05, 0.1) is 16.3 Å². The average molecular weight is 378 g/mol. The van der Waals surface area contributed by atoms with E-state index in [-0.39, 0.29) is 0 Å². The fourth-order valence-corrected chi connectivity index (χ4v) is 3.84. The highest BCUT2D eigenvalue weighted by Gasteiger charge is 2.23. The summed E-state index contributed by atoms with van der Waals surface area (Å²) in [6.45, 7) is 5.96. The molecule has 0 amide bonds. The lowest BCUT2D eigenvalue weighted by atomic mass is 9.99. The molecule has 3 aromatic heterocycles. The van der Waals surface area contributed by atoms with Gasteiger partial charge >= 0.3 is 0 Å². The van der Waals surface area contributed by atoms with Gasteiger partial charge in [-0.3, -0.25) is 4.98 Å². The molecular weight excluding hydrogens is 360 g/mol. The molecule has 0 bridgehead atoms. The second kappa shape index (κ2) is 7.71. The lowest BCUT2D eigenvalue weighted by Gasteiger charge is -2.15. The highest BCUT2D eigenvalue weighted by Crippen LogP contribution is 2.33. The van der Waals surface area contributed by atoms with Crippen LogP contribution in [0.25, 0.3) is 21.3 Å². The smallest absolute Gasteiger partial charge is 0.194 e. The first-order valence-corrected chi connectivity index (χ1v) is 9.50. The van der Waals surface area contributed by atoms with E-state index in [1.807, 2.05) is 19.1 Å². The van der Waals surface area contributed by atoms with Crippen LogP contribution in [0.4, 0.5) is 0 Å². The van der Waals surface area contributed by atoms with Crippen molar-refractivity contribution in [3.8, 4) is 21.3 Å². The molecule has 7 nitrogen and oxygen atoms in total. The van der Waals surface area contributed by atoms with Gasteiger partial charge in [-0.25, -0.2) is 9.97 Å². The Bertz CT molecular complexity index is 999. The van der Waals surface area contributed by atoms with E-state index < -0.39 is 0 Å². The topological polar surface area (TPSA) is 86.0 Å². The Kier molecular flexibility index (Phi) is 4.97. The third kappa shape index (κ3) is 3.61. The Hall–Kier alpha value is -3.00. The molecule has 136 valence electrons. The molecule has 0 aliphatic heterocycles. The molecule has 0 aromatic carbocycles. The van der Waals surface area contributed by atoms with E-state index in [1.165, 1.54) is 11.3 Å².